The second-order valence-corrected chi connectivity index (χ2v) is 1.54. The van der Waals surface area contributed by atoms with Crippen LogP contribution in [0.5, 0.6) is 0 Å². The van der Waals surface area contributed by atoms with E-state index >= 15 is 0 Å². The molecule has 0 amide bonds. The van der Waals surface area contributed by atoms with Crippen molar-refractivity contribution >= 4 is 45.5 Å². The predicted octanol–water partition coefficient (Wildman–Crippen LogP) is -2.23. The van der Waals surface area contributed by atoms with E-state index in [1.807, 2.05) is 0 Å². The van der Waals surface area contributed by atoms with Crippen LogP contribution in [0.1, 0.15) is 0 Å². The summed E-state index contributed by atoms with van der Waals surface area (Å²) in [5, 5.41) is 0. The Bertz CT molecular complexity index is 60.2. The van der Waals surface area contributed by atoms with Crippen molar-refractivity contribution in [2.75, 3.05) is 0 Å². The monoisotopic (exact) mass is 170 g/mol. The van der Waals surface area contributed by atoms with E-state index in [1.54, 1.807) is 0 Å². The first-order valence-electron chi connectivity index (χ1n) is 0.783. The second kappa shape index (κ2) is 8.82. The average Bonchev–Trinajstić information content (AvgIpc) is 0.722. The van der Waals surface area contributed by atoms with Crippen LogP contribution in [0.2, 0.25) is 0 Å². The van der Waals surface area contributed by atoms with Gasteiger partial charge < -0.3 is 14.7 Å². The van der Waals surface area contributed by atoms with Crippen LogP contribution in [0.15, 0.2) is 0 Å². The third kappa shape index (κ3) is 109. The molecule has 44 valence electrons. The Morgan fingerprint density at radius 1 is 1.00 bits per heavy atom. The van der Waals surface area contributed by atoms with Gasteiger partial charge in [-0.3, -0.25) is 0 Å². The fourth-order valence-electron chi connectivity index (χ4n) is 0. The summed E-state index contributed by atoms with van der Waals surface area (Å²) in [6, 6.07) is 0. The third-order valence-electron chi connectivity index (χ3n) is 0. The molecule has 0 aliphatic carbocycles. The van der Waals surface area contributed by atoms with Crippen LogP contribution in [0, 0.1) is 0 Å². The van der Waals surface area contributed by atoms with Crippen molar-refractivity contribution in [1.82, 2.24) is 0 Å². The average molecular weight is 170 g/mol. The third-order valence-corrected chi connectivity index (χ3v) is 0. The van der Waals surface area contributed by atoms with Gasteiger partial charge in [0.15, 0.2) is 0 Å². The topological polar surface area (TPSA) is 77.8 Å². The van der Waals surface area contributed by atoms with Crippen LogP contribution in [0.3, 0.4) is 0 Å². The van der Waals surface area contributed by atoms with Crippen molar-refractivity contribution in [2.24, 2.45) is 0 Å². The minimum atomic E-state index is -4.64. The molecule has 8 heteroatoms. The van der Waals surface area contributed by atoms with E-state index in [-0.39, 0.29) is 54.8 Å². The Labute approximate surface area is 81.5 Å². The van der Waals surface area contributed by atoms with E-state index in [0.29, 0.717) is 0 Å². The van der Waals surface area contributed by atoms with Crippen molar-refractivity contribution in [3.8, 4) is 0 Å². The van der Waals surface area contributed by atoms with Crippen LogP contribution in [-0.2, 0) is 21.6 Å². The molecule has 3 N–H and O–H groups in total. The van der Waals surface area contributed by atoms with Gasteiger partial charge in [0.1, 0.15) is 0 Å². The number of rotatable bonds is 0. The zero-order chi connectivity index (χ0) is 4.50. The summed E-state index contributed by atoms with van der Waals surface area (Å²) < 4.78 is 8.88. The molecule has 0 unspecified atom stereocenters. The van der Waals surface area contributed by atoms with E-state index in [4.69, 9.17) is 19.2 Å². The van der Waals surface area contributed by atoms with Crippen LogP contribution < -0.4 is 0 Å². The van der Waals surface area contributed by atoms with E-state index in [2.05, 4.69) is 0 Å². The molecule has 0 aromatic carbocycles. The first kappa shape index (κ1) is 22.6. The summed E-state index contributed by atoms with van der Waals surface area (Å²) in [5.74, 6) is 0. The van der Waals surface area contributed by atoms with E-state index in [1.165, 1.54) is 0 Å². The second-order valence-electron chi connectivity index (χ2n) is 0.513. The van der Waals surface area contributed by atoms with E-state index in [9.17, 15) is 0 Å². The Kier molecular flexibility index (Phi) is 24.9. The van der Waals surface area contributed by atoms with Crippen molar-refractivity contribution < 1.29 is 36.3 Å². The van der Waals surface area contributed by atoms with Gasteiger partial charge in [-0.15, -0.1) is 0 Å². The molecule has 0 rings (SSSR count). The van der Waals surface area contributed by atoms with Crippen LogP contribution >= 0.6 is 7.82 Å². The van der Waals surface area contributed by atoms with Gasteiger partial charge in [0, 0.05) is 17.1 Å². The van der Waals surface area contributed by atoms with Gasteiger partial charge in [0.25, 0.3) is 0 Å². The van der Waals surface area contributed by atoms with Gasteiger partial charge >= 0.3 is 45.5 Å². The minimum absolute atomic E-state index is 0. The van der Waals surface area contributed by atoms with Gasteiger partial charge in [0.2, 0.25) is 0 Å². The van der Waals surface area contributed by atoms with Gasteiger partial charge in [0.05, 0.1) is 0 Å². The van der Waals surface area contributed by atoms with Gasteiger partial charge in [-0.2, -0.15) is 0 Å². The normalized spacial score (nSPS) is 7.38. The molecule has 0 saturated heterocycles. The van der Waals surface area contributed by atoms with Crippen LogP contribution in [-0.4, -0.2) is 52.4 Å². The molecular formula is H5FeLi2O4P. The van der Waals surface area contributed by atoms with Crippen molar-refractivity contribution in [1.29, 1.82) is 0 Å². The fraction of sp³-hybridized carbons (Fsp3) is 0. The molecule has 0 aliphatic rings. The summed E-state index contributed by atoms with van der Waals surface area (Å²) in [6.07, 6.45) is 0. The Hall–Kier alpha value is 1.82. The zero-order valence-corrected chi connectivity index (χ0v) is 4.55. The summed E-state index contributed by atoms with van der Waals surface area (Å²) in [4.78, 5) is 21.6. The maximum absolute atomic E-state index is 8.88. The first-order chi connectivity index (χ1) is 2.00. The molecule has 8 heavy (non-hydrogen) atoms. The number of phosphoric acid groups is 1. The summed E-state index contributed by atoms with van der Waals surface area (Å²) in [5.41, 5.74) is 0. The van der Waals surface area contributed by atoms with E-state index < -0.39 is 7.82 Å². The molecule has 0 aromatic heterocycles. The Morgan fingerprint density at radius 3 is 1.00 bits per heavy atom. The van der Waals surface area contributed by atoms with Gasteiger partial charge in [-0.05, 0) is 0 Å². The predicted molar refractivity (Wildman–Crippen MR) is 28.6 cm³/mol. The van der Waals surface area contributed by atoms with Crippen LogP contribution in [0.4, 0.5) is 0 Å². The molecular weight excluding hydrogens is 165 g/mol. The molecule has 0 bridgehead atoms. The maximum atomic E-state index is 8.88. The van der Waals surface area contributed by atoms with E-state index in [0.717, 1.165) is 0 Å². The fourth-order valence-corrected chi connectivity index (χ4v) is 0. The first-order valence-corrected chi connectivity index (χ1v) is 2.35. The molecule has 0 radical (unpaired) electrons. The quantitative estimate of drug-likeness (QED) is 0.284. The van der Waals surface area contributed by atoms with Crippen LogP contribution in [0.25, 0.3) is 0 Å². The van der Waals surface area contributed by atoms with Crippen molar-refractivity contribution in [2.45, 2.75) is 0 Å². The molecule has 0 aliphatic heterocycles. The molecule has 0 fully saturated rings. The summed E-state index contributed by atoms with van der Waals surface area (Å²) in [6.45, 7) is 0. The molecule has 0 atom stereocenters. The Morgan fingerprint density at radius 2 is 1.00 bits per heavy atom. The standard InChI is InChI=1S/Fe.2Li.H3O4P.2H/c;;;1-5(2,3)4;;/h;;;(H3,1,2,3,4);;. The van der Waals surface area contributed by atoms with Crippen molar-refractivity contribution in [3.05, 3.63) is 0 Å². The molecule has 0 heterocycles. The summed E-state index contributed by atoms with van der Waals surface area (Å²) in [7, 11) is -4.64. The van der Waals surface area contributed by atoms with Gasteiger partial charge in [-0.25, -0.2) is 4.57 Å². The zero-order valence-electron chi connectivity index (χ0n) is 2.55. The molecule has 0 saturated carbocycles. The molecule has 0 spiro atoms. The number of hydrogen-bond donors (Lipinski definition) is 3. The number of hydrogen-bond acceptors (Lipinski definition) is 1. The van der Waals surface area contributed by atoms with Crippen molar-refractivity contribution in [3.63, 3.8) is 0 Å². The Balaban J connectivity index is -0.0000000267. The molecule has 4 nitrogen and oxygen atoms in total. The molecule has 0 aromatic rings. The summed E-state index contributed by atoms with van der Waals surface area (Å²) >= 11 is 0. The van der Waals surface area contributed by atoms with Gasteiger partial charge in [-0.1, -0.05) is 0 Å². The SMILES string of the molecule is O=P(O)(O)O.[Fe].[LiH].[LiH].